The van der Waals surface area contributed by atoms with Crippen LogP contribution >= 0.6 is 0 Å². The number of rotatable bonds is 4. The van der Waals surface area contributed by atoms with Gasteiger partial charge in [-0.25, -0.2) is 0 Å². The number of ether oxygens (including phenoxy) is 1. The Bertz CT molecular complexity index is 614. The molecule has 0 saturated heterocycles. The summed E-state index contributed by atoms with van der Waals surface area (Å²) in [5, 5.41) is 13.9. The predicted molar refractivity (Wildman–Crippen MR) is 73.8 cm³/mol. The van der Waals surface area contributed by atoms with Crippen molar-refractivity contribution >= 4 is 22.7 Å². The smallest absolute Gasteiger partial charge is 0.292 e. The molecule has 2 aromatic carbocycles. The van der Waals surface area contributed by atoms with E-state index in [0.29, 0.717) is 22.8 Å². The van der Waals surface area contributed by atoms with Crippen LogP contribution in [-0.2, 0) is 0 Å². The fourth-order valence-corrected chi connectivity index (χ4v) is 1.71. The second kappa shape index (κ2) is 5.26. The summed E-state index contributed by atoms with van der Waals surface area (Å²) < 4.78 is 5.05. The van der Waals surface area contributed by atoms with E-state index in [4.69, 9.17) is 10.5 Å². The van der Waals surface area contributed by atoms with E-state index in [-0.39, 0.29) is 5.69 Å². The van der Waals surface area contributed by atoms with Crippen LogP contribution in [-0.4, -0.2) is 12.0 Å². The molecule has 0 aromatic heterocycles. The lowest BCUT2D eigenvalue weighted by atomic mass is 10.2. The Morgan fingerprint density at radius 3 is 2.63 bits per heavy atom. The lowest BCUT2D eigenvalue weighted by molar-refractivity contribution is -0.383. The average Bonchev–Trinajstić information content (AvgIpc) is 2.39. The highest BCUT2D eigenvalue weighted by Crippen LogP contribution is 2.30. The van der Waals surface area contributed by atoms with Gasteiger partial charge in [0.05, 0.1) is 17.7 Å². The number of nitrogens with one attached hydrogen (secondary N) is 1. The molecule has 0 aliphatic carbocycles. The largest absolute Gasteiger partial charge is 0.495 e. The van der Waals surface area contributed by atoms with E-state index < -0.39 is 4.92 Å². The first-order chi connectivity index (χ1) is 9.11. The van der Waals surface area contributed by atoms with Crippen LogP contribution in [0.1, 0.15) is 0 Å². The second-order valence-electron chi connectivity index (χ2n) is 3.86. The van der Waals surface area contributed by atoms with E-state index in [9.17, 15) is 10.1 Å². The average molecular weight is 259 g/mol. The van der Waals surface area contributed by atoms with Crippen molar-refractivity contribution in [3.8, 4) is 5.75 Å². The first kappa shape index (κ1) is 12.7. The standard InChI is InChI=1S/C13H13N3O3/c1-19-13-7-6-9(8-10(13)14)15-11-4-2-3-5-12(11)16(17)18/h2-8,15H,14H2,1H3. The van der Waals surface area contributed by atoms with Gasteiger partial charge < -0.3 is 15.8 Å². The van der Waals surface area contributed by atoms with Crippen LogP contribution in [0.4, 0.5) is 22.7 Å². The fourth-order valence-electron chi connectivity index (χ4n) is 1.71. The Kier molecular flexibility index (Phi) is 3.51. The molecule has 0 spiro atoms. The van der Waals surface area contributed by atoms with Gasteiger partial charge in [0.2, 0.25) is 0 Å². The third-order valence-corrected chi connectivity index (χ3v) is 2.61. The molecule has 0 radical (unpaired) electrons. The minimum atomic E-state index is -0.435. The molecule has 0 fully saturated rings. The van der Waals surface area contributed by atoms with E-state index in [1.54, 1.807) is 36.4 Å². The highest BCUT2D eigenvalue weighted by molar-refractivity contribution is 5.72. The number of benzene rings is 2. The monoisotopic (exact) mass is 259 g/mol. The van der Waals surface area contributed by atoms with Crippen molar-refractivity contribution in [3.63, 3.8) is 0 Å². The van der Waals surface area contributed by atoms with E-state index >= 15 is 0 Å². The molecule has 98 valence electrons. The first-order valence-corrected chi connectivity index (χ1v) is 5.56. The predicted octanol–water partition coefficient (Wildman–Crippen LogP) is 2.93. The van der Waals surface area contributed by atoms with Gasteiger partial charge in [-0.05, 0) is 24.3 Å². The van der Waals surface area contributed by atoms with Crippen molar-refractivity contribution < 1.29 is 9.66 Å². The van der Waals surface area contributed by atoms with Crippen molar-refractivity contribution in [3.05, 3.63) is 52.6 Å². The molecular formula is C13H13N3O3. The highest BCUT2D eigenvalue weighted by Gasteiger charge is 2.12. The lowest BCUT2D eigenvalue weighted by Gasteiger charge is -2.09. The number of hydrogen-bond acceptors (Lipinski definition) is 5. The number of nitrogen functional groups attached to an aromatic ring is 1. The van der Waals surface area contributed by atoms with Gasteiger partial charge in [-0.1, -0.05) is 12.1 Å². The van der Waals surface area contributed by atoms with Crippen LogP contribution < -0.4 is 15.8 Å². The summed E-state index contributed by atoms with van der Waals surface area (Å²) in [6.45, 7) is 0. The SMILES string of the molecule is COc1ccc(Nc2ccccc2[N+](=O)[O-])cc1N. The van der Waals surface area contributed by atoms with Gasteiger partial charge in [0.15, 0.2) is 0 Å². The molecule has 0 saturated carbocycles. The number of nitrogens with zero attached hydrogens (tertiary/aromatic N) is 1. The van der Waals surface area contributed by atoms with E-state index in [2.05, 4.69) is 5.32 Å². The summed E-state index contributed by atoms with van der Waals surface area (Å²) in [4.78, 5) is 10.5. The van der Waals surface area contributed by atoms with Crippen LogP contribution in [0.15, 0.2) is 42.5 Å². The van der Waals surface area contributed by atoms with Crippen molar-refractivity contribution in [1.29, 1.82) is 0 Å². The van der Waals surface area contributed by atoms with Gasteiger partial charge in [0.1, 0.15) is 11.4 Å². The number of methoxy groups -OCH3 is 1. The molecule has 6 heteroatoms. The molecule has 6 nitrogen and oxygen atoms in total. The quantitative estimate of drug-likeness (QED) is 0.500. The van der Waals surface area contributed by atoms with Gasteiger partial charge in [0, 0.05) is 11.8 Å². The topological polar surface area (TPSA) is 90.4 Å². The first-order valence-electron chi connectivity index (χ1n) is 5.56. The normalized spacial score (nSPS) is 9.95. The summed E-state index contributed by atoms with van der Waals surface area (Å²) in [5.74, 6) is 0.563. The lowest BCUT2D eigenvalue weighted by Crippen LogP contribution is -1.98. The Hall–Kier alpha value is -2.76. The molecule has 3 N–H and O–H groups in total. The number of nitro benzene ring substituents is 1. The van der Waals surface area contributed by atoms with Crippen molar-refractivity contribution in [2.24, 2.45) is 0 Å². The maximum absolute atomic E-state index is 10.9. The van der Waals surface area contributed by atoms with Crippen molar-refractivity contribution in [2.75, 3.05) is 18.2 Å². The Labute approximate surface area is 110 Å². The molecule has 0 heterocycles. The Balaban J connectivity index is 2.31. The van der Waals surface area contributed by atoms with E-state index in [1.165, 1.54) is 13.2 Å². The van der Waals surface area contributed by atoms with Gasteiger partial charge in [-0.3, -0.25) is 10.1 Å². The van der Waals surface area contributed by atoms with Crippen LogP contribution in [0, 0.1) is 10.1 Å². The van der Waals surface area contributed by atoms with Gasteiger partial charge >= 0.3 is 0 Å². The maximum Gasteiger partial charge on any atom is 0.292 e. The molecule has 0 atom stereocenters. The molecule has 0 aliphatic heterocycles. The Morgan fingerprint density at radius 2 is 2.00 bits per heavy atom. The zero-order chi connectivity index (χ0) is 13.8. The molecule has 0 amide bonds. The number of para-hydroxylation sites is 2. The second-order valence-corrected chi connectivity index (χ2v) is 3.86. The summed E-state index contributed by atoms with van der Waals surface area (Å²) in [6.07, 6.45) is 0. The molecule has 19 heavy (non-hydrogen) atoms. The van der Waals surface area contributed by atoms with E-state index in [1.807, 2.05) is 0 Å². The zero-order valence-corrected chi connectivity index (χ0v) is 10.3. The van der Waals surface area contributed by atoms with Gasteiger partial charge in [-0.15, -0.1) is 0 Å². The van der Waals surface area contributed by atoms with Crippen LogP contribution in [0.3, 0.4) is 0 Å². The zero-order valence-electron chi connectivity index (χ0n) is 10.3. The number of nitrogens with two attached hydrogens (primary N) is 1. The molecular weight excluding hydrogens is 246 g/mol. The minimum Gasteiger partial charge on any atom is -0.495 e. The third kappa shape index (κ3) is 2.74. The Morgan fingerprint density at radius 1 is 1.26 bits per heavy atom. The number of nitro groups is 1. The summed E-state index contributed by atoms with van der Waals surface area (Å²) >= 11 is 0. The number of anilines is 3. The van der Waals surface area contributed by atoms with Gasteiger partial charge in [-0.2, -0.15) is 0 Å². The van der Waals surface area contributed by atoms with Gasteiger partial charge in [0.25, 0.3) is 5.69 Å². The summed E-state index contributed by atoms with van der Waals surface area (Å²) in [7, 11) is 1.53. The van der Waals surface area contributed by atoms with Crippen molar-refractivity contribution in [2.45, 2.75) is 0 Å². The molecule has 2 aromatic rings. The molecule has 2 rings (SSSR count). The molecule has 0 unspecified atom stereocenters. The highest BCUT2D eigenvalue weighted by atomic mass is 16.6. The van der Waals surface area contributed by atoms with Crippen LogP contribution in [0.25, 0.3) is 0 Å². The fraction of sp³-hybridized carbons (Fsp3) is 0.0769. The molecule has 0 aliphatic rings. The third-order valence-electron chi connectivity index (χ3n) is 2.61. The molecule has 0 bridgehead atoms. The van der Waals surface area contributed by atoms with Crippen LogP contribution in [0.2, 0.25) is 0 Å². The number of hydrogen-bond donors (Lipinski definition) is 2. The summed E-state index contributed by atoms with van der Waals surface area (Å²) in [6, 6.07) is 11.5. The minimum absolute atomic E-state index is 0.0110. The van der Waals surface area contributed by atoms with Crippen molar-refractivity contribution in [1.82, 2.24) is 0 Å². The van der Waals surface area contributed by atoms with Crippen LogP contribution in [0.5, 0.6) is 5.75 Å². The maximum atomic E-state index is 10.9. The van der Waals surface area contributed by atoms with E-state index in [0.717, 1.165) is 0 Å². The summed E-state index contributed by atoms with van der Waals surface area (Å²) in [5.41, 5.74) is 7.33.